The zero-order chi connectivity index (χ0) is 18.7. The lowest BCUT2D eigenvalue weighted by Crippen LogP contribution is -2.17. The normalized spacial score (nSPS) is 12.1. The predicted molar refractivity (Wildman–Crippen MR) is 101 cm³/mol. The SMILES string of the molecule is C#CCn1/c(=N/S(=O)(=O)c2ccccc2)sc2c(OC)ccc(OC)c21. The molecule has 0 atom stereocenters. The van der Waals surface area contributed by atoms with Crippen molar-refractivity contribution in [1.29, 1.82) is 0 Å². The molecule has 1 heterocycles. The molecule has 26 heavy (non-hydrogen) atoms. The van der Waals surface area contributed by atoms with Crippen LogP contribution >= 0.6 is 11.3 Å². The van der Waals surface area contributed by atoms with Crippen LogP contribution in [0.2, 0.25) is 0 Å². The van der Waals surface area contributed by atoms with Gasteiger partial charge in [-0.3, -0.25) is 0 Å². The highest BCUT2D eigenvalue weighted by Crippen LogP contribution is 2.35. The van der Waals surface area contributed by atoms with Gasteiger partial charge in [0, 0.05) is 0 Å². The zero-order valence-electron chi connectivity index (χ0n) is 14.2. The number of aromatic nitrogens is 1. The third-order valence-electron chi connectivity index (χ3n) is 3.68. The minimum Gasteiger partial charge on any atom is -0.495 e. The van der Waals surface area contributed by atoms with E-state index in [-0.39, 0.29) is 16.2 Å². The summed E-state index contributed by atoms with van der Waals surface area (Å²) >= 11 is 1.18. The van der Waals surface area contributed by atoms with E-state index in [0.717, 1.165) is 0 Å². The molecule has 0 aliphatic carbocycles. The lowest BCUT2D eigenvalue weighted by molar-refractivity contribution is 0.409. The summed E-state index contributed by atoms with van der Waals surface area (Å²) < 4.78 is 42.5. The first-order valence-electron chi connectivity index (χ1n) is 7.55. The van der Waals surface area contributed by atoms with Crippen LogP contribution in [-0.4, -0.2) is 27.2 Å². The third-order valence-corrected chi connectivity index (χ3v) is 6.17. The van der Waals surface area contributed by atoms with Crippen molar-refractivity contribution in [1.82, 2.24) is 4.57 Å². The van der Waals surface area contributed by atoms with E-state index in [9.17, 15) is 8.42 Å². The van der Waals surface area contributed by atoms with E-state index in [1.54, 1.807) is 42.0 Å². The summed E-state index contributed by atoms with van der Waals surface area (Å²) in [6, 6.07) is 11.5. The van der Waals surface area contributed by atoms with E-state index < -0.39 is 10.0 Å². The van der Waals surface area contributed by atoms with Gasteiger partial charge < -0.3 is 14.0 Å². The van der Waals surface area contributed by atoms with Gasteiger partial charge in [0.1, 0.15) is 21.7 Å². The maximum absolute atomic E-state index is 12.7. The van der Waals surface area contributed by atoms with Crippen LogP contribution in [0.5, 0.6) is 11.5 Å². The number of hydrogen-bond acceptors (Lipinski definition) is 5. The van der Waals surface area contributed by atoms with E-state index in [1.807, 2.05) is 0 Å². The lowest BCUT2D eigenvalue weighted by atomic mass is 10.3. The molecule has 0 amide bonds. The summed E-state index contributed by atoms with van der Waals surface area (Å²) in [6.45, 7) is 0.146. The van der Waals surface area contributed by atoms with Gasteiger partial charge in [-0.05, 0) is 24.3 Å². The zero-order valence-corrected chi connectivity index (χ0v) is 15.8. The Labute approximate surface area is 155 Å². The molecule has 1 aromatic heterocycles. The Bertz CT molecular complexity index is 1150. The molecule has 134 valence electrons. The molecule has 3 aromatic rings. The third kappa shape index (κ3) is 3.19. The molecule has 0 fully saturated rings. The van der Waals surface area contributed by atoms with Crippen molar-refractivity contribution < 1.29 is 17.9 Å². The largest absolute Gasteiger partial charge is 0.495 e. The molecule has 0 saturated heterocycles. The Hall–Kier alpha value is -2.76. The van der Waals surface area contributed by atoms with Gasteiger partial charge in [0.05, 0.1) is 25.7 Å². The minimum absolute atomic E-state index is 0.114. The molecule has 0 radical (unpaired) electrons. The molecular formula is C18H16N2O4S2. The fourth-order valence-electron chi connectivity index (χ4n) is 2.51. The molecule has 0 saturated carbocycles. The predicted octanol–water partition coefficient (Wildman–Crippen LogP) is 2.64. The Morgan fingerprint density at radius 1 is 1.12 bits per heavy atom. The van der Waals surface area contributed by atoms with E-state index in [2.05, 4.69) is 10.3 Å². The Balaban J connectivity index is 2.36. The van der Waals surface area contributed by atoms with Gasteiger partial charge in [-0.2, -0.15) is 8.42 Å². The first-order chi connectivity index (χ1) is 12.5. The quantitative estimate of drug-likeness (QED) is 0.630. The van der Waals surface area contributed by atoms with Gasteiger partial charge >= 0.3 is 0 Å². The summed E-state index contributed by atoms with van der Waals surface area (Å²) in [7, 11) is -0.793. The van der Waals surface area contributed by atoms with Crippen LogP contribution in [0.3, 0.4) is 0 Å². The topological polar surface area (TPSA) is 69.9 Å². The van der Waals surface area contributed by atoms with Crippen LogP contribution < -0.4 is 14.3 Å². The molecule has 0 N–H and O–H groups in total. The molecule has 0 aliphatic heterocycles. The van der Waals surface area contributed by atoms with Crippen molar-refractivity contribution in [2.24, 2.45) is 4.40 Å². The fraction of sp³-hybridized carbons (Fsp3) is 0.167. The van der Waals surface area contributed by atoms with Crippen LogP contribution in [0.25, 0.3) is 10.2 Å². The number of sulfonamides is 1. The highest BCUT2D eigenvalue weighted by molar-refractivity contribution is 7.90. The van der Waals surface area contributed by atoms with E-state index in [1.165, 1.54) is 30.6 Å². The summed E-state index contributed by atoms with van der Waals surface area (Å²) in [4.78, 5) is 0.369. The molecule has 6 nitrogen and oxygen atoms in total. The summed E-state index contributed by atoms with van der Waals surface area (Å²) in [5.41, 5.74) is 0.650. The molecule has 2 aromatic carbocycles. The number of thiazole rings is 1. The molecule has 0 unspecified atom stereocenters. The summed E-state index contributed by atoms with van der Waals surface area (Å²) in [6.07, 6.45) is 5.49. The summed E-state index contributed by atoms with van der Waals surface area (Å²) in [5.74, 6) is 3.69. The molecule has 8 heteroatoms. The smallest absolute Gasteiger partial charge is 0.285 e. The van der Waals surface area contributed by atoms with Gasteiger partial charge in [0.2, 0.25) is 4.80 Å². The first kappa shape index (κ1) is 18.0. The Morgan fingerprint density at radius 3 is 2.38 bits per heavy atom. The maximum atomic E-state index is 12.7. The number of nitrogens with zero attached hydrogens (tertiary/aromatic N) is 2. The van der Waals surface area contributed by atoms with Crippen molar-refractivity contribution in [3.63, 3.8) is 0 Å². The average Bonchev–Trinajstić information content (AvgIpc) is 3.00. The number of terminal acetylenes is 1. The fourth-order valence-corrected chi connectivity index (χ4v) is 4.87. The molecular weight excluding hydrogens is 372 g/mol. The monoisotopic (exact) mass is 388 g/mol. The number of rotatable bonds is 5. The minimum atomic E-state index is -3.88. The second-order valence-electron chi connectivity index (χ2n) is 5.20. The lowest BCUT2D eigenvalue weighted by Gasteiger charge is -2.08. The van der Waals surface area contributed by atoms with E-state index in [4.69, 9.17) is 15.9 Å². The van der Waals surface area contributed by atoms with Crippen LogP contribution in [0, 0.1) is 12.3 Å². The Morgan fingerprint density at radius 2 is 1.77 bits per heavy atom. The van der Waals surface area contributed by atoms with Gasteiger partial charge in [-0.1, -0.05) is 35.5 Å². The first-order valence-corrected chi connectivity index (χ1v) is 9.81. The van der Waals surface area contributed by atoms with Crippen molar-refractivity contribution in [3.8, 4) is 23.8 Å². The van der Waals surface area contributed by atoms with Crippen LogP contribution in [0.1, 0.15) is 0 Å². The number of fused-ring (bicyclic) bond motifs is 1. The van der Waals surface area contributed by atoms with Crippen LogP contribution in [0.4, 0.5) is 0 Å². The average molecular weight is 388 g/mol. The highest BCUT2D eigenvalue weighted by atomic mass is 32.2. The number of methoxy groups -OCH3 is 2. The second-order valence-corrected chi connectivity index (χ2v) is 7.78. The van der Waals surface area contributed by atoms with Crippen molar-refractivity contribution >= 4 is 31.6 Å². The maximum Gasteiger partial charge on any atom is 0.285 e. The number of benzene rings is 2. The van der Waals surface area contributed by atoms with Crippen LogP contribution in [0.15, 0.2) is 51.8 Å². The van der Waals surface area contributed by atoms with E-state index >= 15 is 0 Å². The number of ether oxygens (including phenoxy) is 2. The van der Waals surface area contributed by atoms with Gasteiger partial charge in [0.25, 0.3) is 10.0 Å². The molecule has 0 spiro atoms. The van der Waals surface area contributed by atoms with Crippen LogP contribution in [-0.2, 0) is 16.6 Å². The number of hydrogen-bond donors (Lipinski definition) is 0. The Kier molecular flexibility index (Phi) is 5.02. The van der Waals surface area contributed by atoms with Gasteiger partial charge in [-0.15, -0.1) is 10.8 Å². The molecule has 3 rings (SSSR count). The molecule has 0 bridgehead atoms. The van der Waals surface area contributed by atoms with Gasteiger partial charge in [-0.25, -0.2) is 0 Å². The second kappa shape index (κ2) is 7.23. The van der Waals surface area contributed by atoms with Crippen molar-refractivity contribution in [2.75, 3.05) is 14.2 Å². The highest BCUT2D eigenvalue weighted by Gasteiger charge is 2.18. The standard InChI is InChI=1S/C18H16N2O4S2/c1-4-12-20-16-14(23-2)10-11-15(24-3)17(16)25-18(20)19-26(21,22)13-8-6-5-7-9-13/h1,5-11H,12H2,2-3H3/b19-18-. The molecule has 0 aliphatic rings. The summed E-state index contributed by atoms with van der Waals surface area (Å²) in [5, 5.41) is 0. The van der Waals surface area contributed by atoms with Crippen molar-refractivity contribution in [3.05, 3.63) is 47.3 Å². The van der Waals surface area contributed by atoms with E-state index in [0.29, 0.717) is 21.7 Å². The van der Waals surface area contributed by atoms with Crippen molar-refractivity contribution in [2.45, 2.75) is 11.4 Å². The van der Waals surface area contributed by atoms with Gasteiger partial charge in [0.15, 0.2) is 0 Å².